The van der Waals surface area contributed by atoms with Gasteiger partial charge in [0.1, 0.15) is 31.5 Å². The smallest absolute Gasteiger partial charge is 0.322 e. The van der Waals surface area contributed by atoms with E-state index in [2.05, 4.69) is 20.8 Å². The monoisotopic (exact) mass is 869 g/mol. The number of hydrogen-bond acceptors (Lipinski definition) is 11. The minimum Gasteiger partial charge on any atom is -0.465 e. The molecule has 0 saturated carbocycles. The van der Waals surface area contributed by atoms with Crippen LogP contribution < -0.4 is 5.73 Å². The Labute approximate surface area is 374 Å². The molecule has 0 aromatic carbocycles. The zero-order valence-corrected chi connectivity index (χ0v) is 40.0. The summed E-state index contributed by atoms with van der Waals surface area (Å²) in [4.78, 5) is 52.6. The van der Waals surface area contributed by atoms with Crippen molar-refractivity contribution in [3.8, 4) is 0 Å². The molecule has 11 heteroatoms. The van der Waals surface area contributed by atoms with E-state index in [9.17, 15) is 24.3 Å². The lowest BCUT2D eigenvalue weighted by Crippen LogP contribution is -2.43. The minimum atomic E-state index is -0.971. The summed E-state index contributed by atoms with van der Waals surface area (Å²) in [5.41, 5.74) is 6.04. The molecule has 360 valence electrons. The topological polar surface area (TPSA) is 155 Å². The molecule has 61 heavy (non-hydrogen) atoms. The molecule has 0 bridgehead atoms. The van der Waals surface area contributed by atoms with Crippen LogP contribution in [0.3, 0.4) is 0 Å². The number of esters is 4. The predicted molar refractivity (Wildman–Crippen MR) is 248 cm³/mol. The summed E-state index contributed by atoms with van der Waals surface area (Å²) in [7, 11) is 0. The van der Waals surface area contributed by atoms with Crippen LogP contribution in [-0.2, 0) is 38.1 Å². The fourth-order valence-corrected chi connectivity index (χ4v) is 7.59. The number of hydrogen-bond donors (Lipinski definition) is 2. The first-order valence-corrected chi connectivity index (χ1v) is 25.5. The zero-order chi connectivity index (χ0) is 45.0. The first kappa shape index (κ1) is 58.8. The van der Waals surface area contributed by atoms with Crippen molar-refractivity contribution < 1.29 is 43.2 Å². The quantitative estimate of drug-likeness (QED) is 0.0341. The molecule has 0 rings (SSSR count). The highest BCUT2D eigenvalue weighted by molar-refractivity contribution is 5.75. The summed E-state index contributed by atoms with van der Waals surface area (Å²) < 4.78 is 22.2. The number of unbranched alkanes of at least 4 members (excludes halogenated alkanes) is 25. The van der Waals surface area contributed by atoms with Crippen LogP contribution in [0.4, 0.5) is 0 Å². The van der Waals surface area contributed by atoms with Crippen LogP contribution in [0.2, 0.25) is 0 Å². The van der Waals surface area contributed by atoms with Gasteiger partial charge in [-0.05, 0) is 45.6 Å². The highest BCUT2D eigenvalue weighted by Crippen LogP contribution is 2.15. The molecule has 0 aliphatic rings. The third kappa shape index (κ3) is 40.3. The SMILES string of the molecule is CCCCCCCCCCCC(=O)OCC(O)CN(CCCCC(N)C(=O)OCC)CC(COC(=O)CCCCCCCCCCC)OC(=O)CCCCCCCCCCC. The molecule has 0 aliphatic carbocycles. The van der Waals surface area contributed by atoms with Gasteiger partial charge >= 0.3 is 23.9 Å². The van der Waals surface area contributed by atoms with E-state index < -0.39 is 24.2 Å². The van der Waals surface area contributed by atoms with Crippen LogP contribution in [0, 0.1) is 0 Å². The number of carbonyl (C=O) groups excluding carboxylic acids is 4. The van der Waals surface area contributed by atoms with Gasteiger partial charge in [-0.25, -0.2) is 0 Å². The molecule has 0 amide bonds. The number of ether oxygens (including phenoxy) is 4. The van der Waals surface area contributed by atoms with Crippen molar-refractivity contribution in [3.05, 3.63) is 0 Å². The molecule has 0 aromatic heterocycles. The normalized spacial score (nSPS) is 12.9. The van der Waals surface area contributed by atoms with Crippen LogP contribution >= 0.6 is 0 Å². The average Bonchev–Trinajstić information content (AvgIpc) is 3.24. The van der Waals surface area contributed by atoms with Gasteiger partial charge in [-0.1, -0.05) is 181 Å². The fourth-order valence-electron chi connectivity index (χ4n) is 7.59. The summed E-state index contributed by atoms with van der Waals surface area (Å²) in [5, 5.41) is 11.1. The van der Waals surface area contributed by atoms with Crippen LogP contribution in [0.1, 0.15) is 240 Å². The van der Waals surface area contributed by atoms with E-state index >= 15 is 0 Å². The second-order valence-electron chi connectivity index (χ2n) is 17.5. The van der Waals surface area contributed by atoms with Crippen LogP contribution in [-0.4, -0.2) is 91.6 Å². The van der Waals surface area contributed by atoms with Crippen molar-refractivity contribution in [2.24, 2.45) is 5.73 Å². The van der Waals surface area contributed by atoms with Gasteiger partial charge in [0.2, 0.25) is 0 Å². The maximum atomic E-state index is 13.1. The molecule has 3 N–H and O–H groups in total. The molecule has 11 nitrogen and oxygen atoms in total. The maximum Gasteiger partial charge on any atom is 0.322 e. The largest absolute Gasteiger partial charge is 0.465 e. The van der Waals surface area contributed by atoms with Gasteiger partial charge < -0.3 is 29.8 Å². The summed E-state index contributed by atoms with van der Waals surface area (Å²) in [6.45, 7) is 9.35. The van der Waals surface area contributed by atoms with Crippen molar-refractivity contribution >= 4 is 23.9 Å². The van der Waals surface area contributed by atoms with Crippen molar-refractivity contribution in [2.45, 2.75) is 258 Å². The van der Waals surface area contributed by atoms with Crippen LogP contribution in [0.5, 0.6) is 0 Å². The number of carbonyl (C=O) groups is 4. The van der Waals surface area contributed by atoms with E-state index in [0.717, 1.165) is 57.8 Å². The molecule has 0 fully saturated rings. The van der Waals surface area contributed by atoms with Gasteiger partial charge in [0.15, 0.2) is 0 Å². The Morgan fingerprint density at radius 3 is 1.30 bits per heavy atom. The van der Waals surface area contributed by atoms with E-state index in [1.165, 1.54) is 116 Å². The Bertz CT molecular complexity index is 1030. The summed E-state index contributed by atoms with van der Waals surface area (Å²) >= 11 is 0. The van der Waals surface area contributed by atoms with Gasteiger partial charge in [-0.3, -0.25) is 24.1 Å². The van der Waals surface area contributed by atoms with Crippen molar-refractivity contribution in [1.29, 1.82) is 0 Å². The van der Waals surface area contributed by atoms with Gasteiger partial charge in [0.05, 0.1) is 6.61 Å². The van der Waals surface area contributed by atoms with Crippen molar-refractivity contribution in [3.63, 3.8) is 0 Å². The van der Waals surface area contributed by atoms with E-state index in [4.69, 9.17) is 24.7 Å². The third-order valence-corrected chi connectivity index (χ3v) is 11.4. The molecule has 0 radical (unpaired) electrons. The first-order chi connectivity index (χ1) is 29.7. The minimum absolute atomic E-state index is 0.0756. The van der Waals surface area contributed by atoms with Gasteiger partial charge in [-0.2, -0.15) is 0 Å². The molecule has 3 atom stereocenters. The van der Waals surface area contributed by atoms with Crippen molar-refractivity contribution in [1.82, 2.24) is 4.90 Å². The van der Waals surface area contributed by atoms with E-state index in [1.807, 2.05) is 4.90 Å². The van der Waals surface area contributed by atoms with Gasteiger partial charge in [0, 0.05) is 32.4 Å². The molecule has 0 heterocycles. The predicted octanol–water partition coefficient (Wildman–Crippen LogP) is 11.5. The molecule has 3 unspecified atom stereocenters. The number of aliphatic hydroxyl groups is 1. The Balaban J connectivity index is 5.35. The third-order valence-electron chi connectivity index (χ3n) is 11.4. The summed E-state index contributed by atoms with van der Waals surface area (Å²) in [5.74, 6) is -1.37. The molecule has 0 saturated heterocycles. The molecule has 0 aromatic rings. The second kappa shape index (κ2) is 44.4. The van der Waals surface area contributed by atoms with Gasteiger partial charge in [-0.15, -0.1) is 0 Å². The molecule has 0 spiro atoms. The van der Waals surface area contributed by atoms with Crippen molar-refractivity contribution in [2.75, 3.05) is 39.5 Å². The fraction of sp³-hybridized carbons (Fsp3) is 0.920. The maximum absolute atomic E-state index is 13.1. The zero-order valence-electron chi connectivity index (χ0n) is 40.0. The van der Waals surface area contributed by atoms with E-state index in [0.29, 0.717) is 45.1 Å². The lowest BCUT2D eigenvalue weighted by Gasteiger charge is -2.29. The number of aliphatic hydroxyl groups excluding tert-OH is 1. The highest BCUT2D eigenvalue weighted by Gasteiger charge is 2.23. The Kier molecular flexibility index (Phi) is 42.7. The van der Waals surface area contributed by atoms with Gasteiger partial charge in [0.25, 0.3) is 0 Å². The lowest BCUT2D eigenvalue weighted by molar-refractivity contribution is -0.160. The Morgan fingerprint density at radius 1 is 0.475 bits per heavy atom. The standard InChI is InChI=1S/C50H96N2O9/c1-5-9-12-15-18-21-24-27-30-36-47(54)59-42-44(53)40-52(39-34-33-35-46(51)50(57)58-8-4)41-45(61-49(56)38-32-29-26-23-20-17-14-11-7-3)43-60-48(55)37-31-28-25-22-19-16-13-10-6-2/h44-46,53H,5-43,51H2,1-4H3. The lowest BCUT2D eigenvalue weighted by atomic mass is 10.1. The second-order valence-corrected chi connectivity index (χ2v) is 17.5. The molecular formula is C50H96N2O9. The van der Waals surface area contributed by atoms with Crippen LogP contribution in [0.25, 0.3) is 0 Å². The summed E-state index contributed by atoms with van der Waals surface area (Å²) in [6.07, 6.45) is 32.0. The van der Waals surface area contributed by atoms with E-state index in [1.54, 1.807) is 6.92 Å². The highest BCUT2D eigenvalue weighted by atomic mass is 16.6. The number of nitrogens with two attached hydrogens (primary N) is 1. The van der Waals surface area contributed by atoms with E-state index in [-0.39, 0.29) is 50.8 Å². The summed E-state index contributed by atoms with van der Waals surface area (Å²) in [6, 6.07) is -0.718. The average molecular weight is 869 g/mol. The molecule has 0 aliphatic heterocycles. The molecular weight excluding hydrogens is 773 g/mol. The van der Waals surface area contributed by atoms with Crippen LogP contribution in [0.15, 0.2) is 0 Å². The number of rotatable bonds is 46. The number of nitrogens with zero attached hydrogens (tertiary/aromatic N) is 1. The Morgan fingerprint density at radius 2 is 0.869 bits per heavy atom. The first-order valence-electron chi connectivity index (χ1n) is 25.5. The Hall–Kier alpha value is -2.24.